The van der Waals surface area contributed by atoms with Crippen LogP contribution < -0.4 is 0 Å². The maximum Gasteiger partial charge on any atom is 0.337 e. The second-order valence-corrected chi connectivity index (χ2v) is 19.4. The summed E-state index contributed by atoms with van der Waals surface area (Å²) < 4.78 is 36.1. The van der Waals surface area contributed by atoms with Gasteiger partial charge in [0.25, 0.3) is 0 Å². The van der Waals surface area contributed by atoms with Gasteiger partial charge in [-0.05, 0) is 87.9 Å². The average Bonchev–Trinajstić information content (AvgIpc) is 3.08. The SMILES string of the molecule is C=C(I)[C@H](C)C[C@@H](CC[C@@H]1O[C@@H](CCC(=O)CP(=O)(OC)OC)CC1=C)O[Si](C)(C)C(C)(C)C. The standard InChI is InChI=1S/C25H46IO6PSi/c1-18(20(3)26)15-23(32-34(9,10)25(4,5)6)13-14-24-19(2)16-22(31-24)12-11-21(27)17-33(28,29-7)30-8/h18,22-24H,2-3,11-17H2,1,4-10H3/t18-,22+,23-,24+/m1/s1. The van der Waals surface area contributed by atoms with E-state index in [1.807, 2.05) is 0 Å². The number of allylic oxidation sites excluding steroid dienone is 1. The molecule has 6 nitrogen and oxygen atoms in total. The van der Waals surface area contributed by atoms with Gasteiger partial charge >= 0.3 is 7.60 Å². The van der Waals surface area contributed by atoms with Crippen molar-refractivity contribution in [3.63, 3.8) is 0 Å². The topological polar surface area (TPSA) is 71.1 Å². The summed E-state index contributed by atoms with van der Waals surface area (Å²) >= 11 is 2.32. The van der Waals surface area contributed by atoms with E-state index in [9.17, 15) is 9.36 Å². The minimum Gasteiger partial charge on any atom is -0.414 e. The van der Waals surface area contributed by atoms with Crippen LogP contribution in [0.15, 0.2) is 22.3 Å². The number of ether oxygens (including phenoxy) is 1. The molecule has 4 atom stereocenters. The summed E-state index contributed by atoms with van der Waals surface area (Å²) in [6.45, 7) is 22.0. The molecule has 1 heterocycles. The largest absolute Gasteiger partial charge is 0.414 e. The van der Waals surface area contributed by atoms with E-state index in [0.29, 0.717) is 12.3 Å². The van der Waals surface area contributed by atoms with Gasteiger partial charge in [0.15, 0.2) is 8.32 Å². The Morgan fingerprint density at radius 3 is 2.35 bits per heavy atom. The zero-order chi connectivity index (χ0) is 26.3. The van der Waals surface area contributed by atoms with Crippen LogP contribution in [0.2, 0.25) is 18.1 Å². The molecule has 0 spiro atoms. The molecule has 0 aromatic carbocycles. The lowest BCUT2D eigenvalue weighted by Crippen LogP contribution is -2.44. The Hall–Kier alpha value is 0.167. The number of ketones is 1. The summed E-state index contributed by atoms with van der Waals surface area (Å²) in [4.78, 5) is 12.3. The molecule has 0 unspecified atom stereocenters. The Labute approximate surface area is 222 Å². The minimum atomic E-state index is -3.32. The molecular weight excluding hydrogens is 582 g/mol. The highest BCUT2D eigenvalue weighted by molar-refractivity contribution is 14.1. The first kappa shape index (κ1) is 32.2. The van der Waals surface area contributed by atoms with E-state index in [0.717, 1.165) is 34.8 Å². The van der Waals surface area contributed by atoms with Crippen LogP contribution >= 0.6 is 30.2 Å². The Balaban J connectivity index is 2.68. The summed E-state index contributed by atoms with van der Waals surface area (Å²) in [7, 11) is -2.63. The molecule has 198 valence electrons. The van der Waals surface area contributed by atoms with Crippen LogP contribution in [0.5, 0.6) is 0 Å². The van der Waals surface area contributed by atoms with Gasteiger partial charge in [0.2, 0.25) is 0 Å². The molecule has 0 aromatic rings. The molecule has 0 aliphatic carbocycles. The molecule has 0 bridgehead atoms. The normalized spacial score (nSPS) is 21.5. The molecule has 0 saturated carbocycles. The number of halogens is 1. The molecule has 9 heteroatoms. The molecule has 0 amide bonds. The van der Waals surface area contributed by atoms with E-state index in [1.165, 1.54) is 14.2 Å². The van der Waals surface area contributed by atoms with Crippen LogP contribution in [0, 0.1) is 5.92 Å². The molecule has 1 aliphatic heterocycles. The van der Waals surface area contributed by atoms with E-state index < -0.39 is 15.9 Å². The van der Waals surface area contributed by atoms with Crippen LogP contribution in [0.1, 0.15) is 66.2 Å². The van der Waals surface area contributed by atoms with Gasteiger partial charge in [-0.25, -0.2) is 0 Å². The van der Waals surface area contributed by atoms with Gasteiger partial charge in [-0.1, -0.05) is 40.9 Å². The molecule has 0 radical (unpaired) electrons. The maximum atomic E-state index is 12.3. The zero-order valence-corrected chi connectivity index (χ0v) is 26.5. The predicted molar refractivity (Wildman–Crippen MR) is 151 cm³/mol. The van der Waals surface area contributed by atoms with Crippen molar-refractivity contribution < 1.29 is 27.6 Å². The summed E-state index contributed by atoms with van der Waals surface area (Å²) in [6, 6.07) is 0. The van der Waals surface area contributed by atoms with Crippen molar-refractivity contribution in [2.75, 3.05) is 20.4 Å². The first-order chi connectivity index (χ1) is 15.5. The fraction of sp³-hybridized carbons (Fsp3) is 0.800. The third-order valence-corrected chi connectivity index (χ3v) is 14.6. The number of rotatable bonds is 15. The summed E-state index contributed by atoms with van der Waals surface area (Å²) in [5.74, 6) is 0.248. The van der Waals surface area contributed by atoms with Gasteiger partial charge in [-0.2, -0.15) is 0 Å². The van der Waals surface area contributed by atoms with Crippen molar-refractivity contribution in [3.8, 4) is 0 Å². The molecule has 0 N–H and O–H groups in total. The van der Waals surface area contributed by atoms with Crippen molar-refractivity contribution >= 4 is 44.3 Å². The molecule has 1 fully saturated rings. The fourth-order valence-electron chi connectivity index (χ4n) is 3.74. The number of carbonyl (C=O) groups is 1. The maximum absolute atomic E-state index is 12.3. The van der Waals surface area contributed by atoms with Gasteiger partial charge in [0.05, 0.1) is 12.2 Å². The highest BCUT2D eigenvalue weighted by atomic mass is 127. The van der Waals surface area contributed by atoms with E-state index in [2.05, 4.69) is 76.5 Å². The predicted octanol–water partition coefficient (Wildman–Crippen LogP) is 7.68. The van der Waals surface area contributed by atoms with Gasteiger partial charge in [0, 0.05) is 26.7 Å². The Morgan fingerprint density at radius 1 is 1.26 bits per heavy atom. The highest BCUT2D eigenvalue weighted by Gasteiger charge is 2.40. The second kappa shape index (κ2) is 13.6. The first-order valence-corrected chi connectivity index (χ1v) is 17.8. The Kier molecular flexibility index (Phi) is 12.9. The second-order valence-electron chi connectivity index (χ2n) is 11.0. The van der Waals surface area contributed by atoms with Crippen LogP contribution in [-0.2, 0) is 27.6 Å². The van der Waals surface area contributed by atoms with E-state index >= 15 is 0 Å². The molecule has 1 saturated heterocycles. The van der Waals surface area contributed by atoms with Gasteiger partial charge in [-0.3, -0.25) is 9.36 Å². The molecule has 1 rings (SSSR count). The number of Topliss-reactive ketones (excluding diaryl/α,β-unsaturated/α-hetero) is 1. The Bertz CT molecular complexity index is 755. The quantitative estimate of drug-likeness (QED) is 0.0802. The lowest BCUT2D eigenvalue weighted by Gasteiger charge is -2.40. The average molecular weight is 629 g/mol. The third kappa shape index (κ3) is 10.3. The third-order valence-electron chi connectivity index (χ3n) is 7.14. The van der Waals surface area contributed by atoms with Crippen molar-refractivity contribution in [2.24, 2.45) is 5.92 Å². The molecule has 0 aromatic heterocycles. The first-order valence-electron chi connectivity index (χ1n) is 12.1. The zero-order valence-electron chi connectivity index (χ0n) is 22.4. The summed E-state index contributed by atoms with van der Waals surface area (Å²) in [5, 5.41) is 0.149. The van der Waals surface area contributed by atoms with Crippen molar-refractivity contribution in [1.82, 2.24) is 0 Å². The number of hydrogen-bond acceptors (Lipinski definition) is 6. The van der Waals surface area contributed by atoms with E-state index in [4.69, 9.17) is 18.2 Å². The minimum absolute atomic E-state index is 0.0206. The van der Waals surface area contributed by atoms with Crippen LogP contribution in [0.3, 0.4) is 0 Å². The monoisotopic (exact) mass is 628 g/mol. The van der Waals surface area contributed by atoms with Crippen molar-refractivity contribution in [1.29, 1.82) is 0 Å². The fourth-order valence-corrected chi connectivity index (χ4v) is 6.39. The molecule has 34 heavy (non-hydrogen) atoms. The van der Waals surface area contributed by atoms with Gasteiger partial charge < -0.3 is 18.2 Å². The van der Waals surface area contributed by atoms with Crippen molar-refractivity contribution in [3.05, 3.63) is 22.3 Å². The summed E-state index contributed by atoms with van der Waals surface area (Å²) in [6.07, 6.45) is 4.20. The highest BCUT2D eigenvalue weighted by Crippen LogP contribution is 2.46. The molecule has 1 aliphatic rings. The smallest absolute Gasteiger partial charge is 0.337 e. The van der Waals surface area contributed by atoms with Crippen LogP contribution in [0.4, 0.5) is 0 Å². The van der Waals surface area contributed by atoms with Crippen LogP contribution in [-0.4, -0.2) is 52.8 Å². The summed E-state index contributed by atoms with van der Waals surface area (Å²) in [5.41, 5.74) is 1.08. The lowest BCUT2D eigenvalue weighted by atomic mass is 9.97. The van der Waals surface area contributed by atoms with E-state index in [-0.39, 0.29) is 41.7 Å². The Morgan fingerprint density at radius 2 is 1.85 bits per heavy atom. The number of carbonyl (C=O) groups excluding carboxylic acids is 1. The molecular formula is C25H46IO6PSi. The lowest BCUT2D eigenvalue weighted by molar-refractivity contribution is -0.117. The van der Waals surface area contributed by atoms with Crippen molar-refractivity contribution in [2.45, 2.75) is 103 Å². The number of hydrogen-bond donors (Lipinski definition) is 0. The van der Waals surface area contributed by atoms with Gasteiger partial charge in [0.1, 0.15) is 11.9 Å². The van der Waals surface area contributed by atoms with Gasteiger partial charge in [-0.15, -0.1) is 0 Å². The van der Waals surface area contributed by atoms with Crippen LogP contribution in [0.25, 0.3) is 0 Å². The van der Waals surface area contributed by atoms with E-state index in [1.54, 1.807) is 0 Å².